The van der Waals surface area contributed by atoms with Crippen LogP contribution in [0.2, 0.25) is 5.02 Å². The lowest BCUT2D eigenvalue weighted by atomic mass is 10.2. The molecule has 1 heterocycles. The first kappa shape index (κ1) is 13.5. The van der Waals surface area contributed by atoms with Crippen molar-refractivity contribution in [3.8, 4) is 11.5 Å². The van der Waals surface area contributed by atoms with Crippen LogP contribution in [-0.2, 0) is 6.54 Å². The van der Waals surface area contributed by atoms with Crippen LogP contribution in [0.25, 0.3) is 0 Å². The second-order valence-corrected chi connectivity index (χ2v) is 4.84. The zero-order chi connectivity index (χ0) is 14.8. The number of rotatable bonds is 4. The molecule has 7 heteroatoms. The molecule has 0 spiro atoms. The molecule has 21 heavy (non-hydrogen) atoms. The number of anilines is 1. The fourth-order valence-corrected chi connectivity index (χ4v) is 2.32. The Morgan fingerprint density at radius 3 is 2.86 bits per heavy atom. The summed E-state index contributed by atoms with van der Waals surface area (Å²) in [6.45, 7) is 0.601. The number of ether oxygens (including phenoxy) is 2. The number of para-hydroxylation sites is 1. The lowest BCUT2D eigenvalue weighted by Crippen LogP contribution is -2.03. The Labute approximate surface area is 125 Å². The van der Waals surface area contributed by atoms with Crippen LogP contribution in [0.15, 0.2) is 36.4 Å². The number of nitrogens with zero attached hydrogens (tertiary/aromatic N) is 1. The smallest absolute Gasteiger partial charge is 0.293 e. The van der Waals surface area contributed by atoms with E-state index in [0.29, 0.717) is 28.8 Å². The molecule has 0 bridgehead atoms. The molecule has 3 rings (SSSR count). The third-order valence-electron chi connectivity index (χ3n) is 3.09. The summed E-state index contributed by atoms with van der Waals surface area (Å²) in [5.41, 5.74) is 1.17. The van der Waals surface area contributed by atoms with Crippen LogP contribution in [0.4, 0.5) is 11.4 Å². The van der Waals surface area contributed by atoms with Gasteiger partial charge in [0.25, 0.3) is 5.69 Å². The van der Waals surface area contributed by atoms with E-state index in [1.54, 1.807) is 18.2 Å². The average molecular weight is 307 g/mol. The van der Waals surface area contributed by atoms with Crippen molar-refractivity contribution in [3.63, 3.8) is 0 Å². The van der Waals surface area contributed by atoms with Gasteiger partial charge in [0.1, 0.15) is 5.69 Å². The number of halogens is 1. The number of nitro benzene ring substituents is 1. The van der Waals surface area contributed by atoms with E-state index in [4.69, 9.17) is 21.1 Å². The summed E-state index contributed by atoms with van der Waals surface area (Å²) in [4.78, 5) is 10.5. The molecule has 0 saturated heterocycles. The van der Waals surface area contributed by atoms with Crippen LogP contribution in [0.1, 0.15) is 5.56 Å². The summed E-state index contributed by atoms with van der Waals surface area (Å²) >= 11 is 6.02. The van der Waals surface area contributed by atoms with E-state index in [2.05, 4.69) is 5.32 Å². The standard InChI is InChI=1S/C14H11ClN2O4/c15-10-2-1-3-11(17(18)19)14(10)16-7-9-4-5-12-13(6-9)21-8-20-12/h1-6,16H,7-8H2. The minimum absolute atomic E-state index is 0.0526. The third-order valence-corrected chi connectivity index (χ3v) is 3.41. The quantitative estimate of drug-likeness (QED) is 0.690. The molecule has 2 aromatic rings. The Hall–Kier alpha value is -2.47. The van der Waals surface area contributed by atoms with E-state index in [-0.39, 0.29) is 12.5 Å². The van der Waals surface area contributed by atoms with Gasteiger partial charge in [-0.25, -0.2) is 0 Å². The molecule has 108 valence electrons. The minimum Gasteiger partial charge on any atom is -0.454 e. The SMILES string of the molecule is O=[N+]([O-])c1cccc(Cl)c1NCc1ccc2c(c1)OCO2. The highest BCUT2D eigenvalue weighted by Gasteiger charge is 2.17. The maximum Gasteiger partial charge on any atom is 0.293 e. The molecule has 0 fully saturated rings. The van der Waals surface area contributed by atoms with Gasteiger partial charge in [0.2, 0.25) is 6.79 Å². The Balaban J connectivity index is 1.80. The monoisotopic (exact) mass is 306 g/mol. The van der Waals surface area contributed by atoms with Crippen molar-refractivity contribution in [3.05, 3.63) is 57.1 Å². The highest BCUT2D eigenvalue weighted by molar-refractivity contribution is 6.33. The maximum atomic E-state index is 11.0. The first-order valence-electron chi connectivity index (χ1n) is 6.20. The molecule has 0 amide bonds. The lowest BCUT2D eigenvalue weighted by molar-refractivity contribution is -0.383. The number of hydrogen-bond acceptors (Lipinski definition) is 5. The van der Waals surface area contributed by atoms with E-state index in [9.17, 15) is 10.1 Å². The first-order chi connectivity index (χ1) is 10.1. The summed E-state index contributed by atoms with van der Waals surface area (Å²) in [6, 6.07) is 10.1. The number of nitrogens with one attached hydrogen (secondary N) is 1. The van der Waals surface area contributed by atoms with Crippen molar-refractivity contribution in [2.24, 2.45) is 0 Å². The Kier molecular flexibility index (Phi) is 3.53. The second-order valence-electron chi connectivity index (χ2n) is 4.43. The Morgan fingerprint density at radius 2 is 2.05 bits per heavy atom. The molecule has 0 aromatic heterocycles. The largest absolute Gasteiger partial charge is 0.454 e. The van der Waals surface area contributed by atoms with Crippen molar-refractivity contribution >= 4 is 23.0 Å². The predicted octanol–water partition coefficient (Wildman–Crippen LogP) is 3.59. The second kappa shape index (κ2) is 5.49. The maximum absolute atomic E-state index is 11.0. The van der Waals surface area contributed by atoms with Crippen LogP contribution in [0, 0.1) is 10.1 Å². The Morgan fingerprint density at radius 1 is 1.24 bits per heavy atom. The fourth-order valence-electron chi connectivity index (χ4n) is 2.08. The topological polar surface area (TPSA) is 73.6 Å². The molecule has 1 aliphatic heterocycles. The summed E-state index contributed by atoms with van der Waals surface area (Å²) < 4.78 is 10.5. The summed E-state index contributed by atoms with van der Waals surface area (Å²) in [7, 11) is 0. The summed E-state index contributed by atoms with van der Waals surface area (Å²) in [5.74, 6) is 1.37. The Bertz CT molecular complexity index is 705. The van der Waals surface area contributed by atoms with Gasteiger partial charge in [-0.05, 0) is 23.8 Å². The van der Waals surface area contributed by atoms with E-state index in [1.165, 1.54) is 6.07 Å². The highest BCUT2D eigenvalue weighted by atomic mass is 35.5. The van der Waals surface area contributed by atoms with E-state index in [0.717, 1.165) is 5.56 Å². The summed E-state index contributed by atoms with van der Waals surface area (Å²) in [6.07, 6.45) is 0. The van der Waals surface area contributed by atoms with Gasteiger partial charge in [-0.15, -0.1) is 0 Å². The van der Waals surface area contributed by atoms with Gasteiger partial charge in [0.05, 0.1) is 9.95 Å². The van der Waals surface area contributed by atoms with Crippen LogP contribution in [0.5, 0.6) is 11.5 Å². The molecular formula is C14H11ClN2O4. The number of fused-ring (bicyclic) bond motifs is 1. The van der Waals surface area contributed by atoms with Gasteiger partial charge < -0.3 is 14.8 Å². The molecule has 2 aromatic carbocycles. The van der Waals surface area contributed by atoms with Crippen LogP contribution >= 0.6 is 11.6 Å². The molecule has 6 nitrogen and oxygen atoms in total. The molecule has 1 N–H and O–H groups in total. The first-order valence-corrected chi connectivity index (χ1v) is 6.58. The number of hydrogen-bond donors (Lipinski definition) is 1. The molecule has 0 aliphatic carbocycles. The lowest BCUT2D eigenvalue weighted by Gasteiger charge is -2.09. The molecule has 0 radical (unpaired) electrons. The van der Waals surface area contributed by atoms with Gasteiger partial charge in [0.15, 0.2) is 11.5 Å². The fraction of sp³-hybridized carbons (Fsp3) is 0.143. The molecular weight excluding hydrogens is 296 g/mol. The number of nitro groups is 1. The molecule has 0 atom stereocenters. The van der Waals surface area contributed by atoms with Crippen molar-refractivity contribution in [1.82, 2.24) is 0 Å². The molecule has 1 aliphatic rings. The van der Waals surface area contributed by atoms with Crippen molar-refractivity contribution in [2.45, 2.75) is 6.54 Å². The van der Waals surface area contributed by atoms with Crippen molar-refractivity contribution in [2.75, 3.05) is 12.1 Å². The van der Waals surface area contributed by atoms with Gasteiger partial charge in [-0.1, -0.05) is 23.7 Å². The zero-order valence-corrected chi connectivity index (χ0v) is 11.6. The average Bonchev–Trinajstić information content (AvgIpc) is 2.93. The molecule has 0 unspecified atom stereocenters. The van der Waals surface area contributed by atoms with E-state index < -0.39 is 4.92 Å². The third kappa shape index (κ3) is 2.71. The predicted molar refractivity (Wildman–Crippen MR) is 78.0 cm³/mol. The van der Waals surface area contributed by atoms with Gasteiger partial charge >= 0.3 is 0 Å². The van der Waals surface area contributed by atoms with Crippen molar-refractivity contribution in [1.29, 1.82) is 0 Å². The van der Waals surface area contributed by atoms with Gasteiger partial charge in [-0.3, -0.25) is 10.1 Å². The van der Waals surface area contributed by atoms with E-state index in [1.807, 2.05) is 12.1 Å². The minimum atomic E-state index is -0.464. The van der Waals surface area contributed by atoms with E-state index >= 15 is 0 Å². The van der Waals surface area contributed by atoms with Crippen LogP contribution in [0.3, 0.4) is 0 Å². The van der Waals surface area contributed by atoms with Crippen molar-refractivity contribution < 1.29 is 14.4 Å². The van der Waals surface area contributed by atoms with Crippen LogP contribution < -0.4 is 14.8 Å². The zero-order valence-electron chi connectivity index (χ0n) is 10.8. The number of benzene rings is 2. The van der Waals surface area contributed by atoms with Gasteiger partial charge in [-0.2, -0.15) is 0 Å². The van der Waals surface area contributed by atoms with Crippen LogP contribution in [-0.4, -0.2) is 11.7 Å². The summed E-state index contributed by atoms with van der Waals surface area (Å²) in [5, 5.41) is 14.3. The normalized spacial score (nSPS) is 12.2. The van der Waals surface area contributed by atoms with Gasteiger partial charge in [0, 0.05) is 12.6 Å². The highest BCUT2D eigenvalue weighted by Crippen LogP contribution is 2.34. The molecule has 0 saturated carbocycles.